The SMILES string of the molecule is NNC(=O)CCCn1cnc2c(N)ncnc21. The van der Waals surface area contributed by atoms with Gasteiger partial charge in [-0.2, -0.15) is 0 Å². The van der Waals surface area contributed by atoms with E-state index in [1.54, 1.807) is 6.33 Å². The summed E-state index contributed by atoms with van der Waals surface area (Å²) in [6, 6.07) is 0. The molecule has 0 radical (unpaired) electrons. The van der Waals surface area contributed by atoms with Crippen LogP contribution in [0.1, 0.15) is 12.8 Å². The van der Waals surface area contributed by atoms with Crippen molar-refractivity contribution in [1.82, 2.24) is 24.9 Å². The van der Waals surface area contributed by atoms with Gasteiger partial charge in [-0.25, -0.2) is 20.8 Å². The number of nitrogen functional groups attached to an aromatic ring is 1. The molecule has 0 saturated heterocycles. The molecule has 0 aliphatic rings. The fourth-order valence-corrected chi connectivity index (χ4v) is 1.54. The molecule has 0 unspecified atom stereocenters. The zero-order chi connectivity index (χ0) is 12.3. The van der Waals surface area contributed by atoms with Gasteiger partial charge in [-0.05, 0) is 6.42 Å². The highest BCUT2D eigenvalue weighted by molar-refractivity contribution is 5.81. The Hall–Kier alpha value is -2.22. The summed E-state index contributed by atoms with van der Waals surface area (Å²) < 4.78 is 1.83. The average molecular weight is 235 g/mol. The third-order valence-corrected chi connectivity index (χ3v) is 2.39. The first kappa shape index (κ1) is 11.3. The molecule has 2 aromatic rings. The standard InChI is InChI=1S/C9H13N7O/c10-8-7-9(13-4-12-8)16(5-14-7)3-1-2-6(17)15-11/h4-5H,1-3,11H2,(H,15,17)(H2,10,12,13). The minimum absolute atomic E-state index is 0.191. The van der Waals surface area contributed by atoms with E-state index < -0.39 is 0 Å². The van der Waals surface area contributed by atoms with Crippen LogP contribution >= 0.6 is 0 Å². The van der Waals surface area contributed by atoms with Crippen molar-refractivity contribution < 1.29 is 4.79 Å². The van der Waals surface area contributed by atoms with Crippen molar-refractivity contribution in [3.8, 4) is 0 Å². The molecule has 0 aromatic carbocycles. The zero-order valence-electron chi connectivity index (χ0n) is 9.13. The fraction of sp³-hybridized carbons (Fsp3) is 0.333. The minimum Gasteiger partial charge on any atom is -0.382 e. The molecule has 8 heteroatoms. The quantitative estimate of drug-likeness (QED) is 0.361. The molecule has 0 atom stereocenters. The number of nitrogens with zero attached hydrogens (tertiary/aromatic N) is 4. The van der Waals surface area contributed by atoms with E-state index in [-0.39, 0.29) is 5.91 Å². The molecule has 2 rings (SSSR count). The van der Waals surface area contributed by atoms with Crippen LogP contribution in [-0.2, 0) is 11.3 Å². The number of hydrogen-bond donors (Lipinski definition) is 3. The summed E-state index contributed by atoms with van der Waals surface area (Å²) in [5.41, 5.74) is 8.99. The van der Waals surface area contributed by atoms with Gasteiger partial charge >= 0.3 is 0 Å². The first-order valence-corrected chi connectivity index (χ1v) is 5.13. The summed E-state index contributed by atoms with van der Waals surface area (Å²) in [5, 5.41) is 0. The highest BCUT2D eigenvalue weighted by Gasteiger charge is 2.07. The summed E-state index contributed by atoms with van der Waals surface area (Å²) in [4.78, 5) is 23.0. The third-order valence-electron chi connectivity index (χ3n) is 2.39. The second kappa shape index (κ2) is 4.74. The van der Waals surface area contributed by atoms with E-state index in [2.05, 4.69) is 20.4 Å². The number of rotatable bonds is 4. The van der Waals surface area contributed by atoms with E-state index in [1.807, 2.05) is 4.57 Å². The van der Waals surface area contributed by atoms with E-state index in [4.69, 9.17) is 11.6 Å². The van der Waals surface area contributed by atoms with Crippen molar-refractivity contribution in [2.45, 2.75) is 19.4 Å². The Kier molecular flexibility index (Phi) is 3.15. The maximum Gasteiger partial charge on any atom is 0.233 e. The lowest BCUT2D eigenvalue weighted by Gasteiger charge is -2.03. The Bertz CT molecular complexity index is 535. The normalized spacial score (nSPS) is 10.6. The first-order chi connectivity index (χ1) is 8.22. The van der Waals surface area contributed by atoms with Gasteiger partial charge in [0.15, 0.2) is 11.5 Å². The van der Waals surface area contributed by atoms with Crippen molar-refractivity contribution in [3.05, 3.63) is 12.7 Å². The third kappa shape index (κ3) is 2.31. The van der Waals surface area contributed by atoms with Crippen LogP contribution in [0.4, 0.5) is 5.82 Å². The summed E-state index contributed by atoms with van der Waals surface area (Å²) in [5.74, 6) is 5.15. The summed E-state index contributed by atoms with van der Waals surface area (Å²) in [7, 11) is 0. The summed E-state index contributed by atoms with van der Waals surface area (Å²) in [6.45, 7) is 0.625. The number of aromatic nitrogens is 4. The number of nitrogens with one attached hydrogen (secondary N) is 1. The van der Waals surface area contributed by atoms with Crippen molar-refractivity contribution in [2.24, 2.45) is 5.84 Å². The van der Waals surface area contributed by atoms with Crippen LogP contribution in [0.2, 0.25) is 0 Å². The number of hydrazine groups is 1. The number of imidazole rings is 1. The monoisotopic (exact) mass is 235 g/mol. The number of nitrogens with two attached hydrogens (primary N) is 2. The predicted octanol–water partition coefficient (Wildman–Crippen LogP) is -0.821. The fourth-order valence-electron chi connectivity index (χ4n) is 1.54. The van der Waals surface area contributed by atoms with E-state index in [1.165, 1.54) is 6.33 Å². The van der Waals surface area contributed by atoms with Crippen molar-refractivity contribution >= 4 is 22.9 Å². The molecule has 2 aromatic heterocycles. The molecule has 8 nitrogen and oxygen atoms in total. The number of hydrogen-bond acceptors (Lipinski definition) is 6. The summed E-state index contributed by atoms with van der Waals surface area (Å²) in [6.07, 6.45) is 4.04. The number of anilines is 1. The molecule has 0 bridgehead atoms. The molecule has 0 aliphatic heterocycles. The maximum absolute atomic E-state index is 11.0. The van der Waals surface area contributed by atoms with Gasteiger partial charge in [-0.15, -0.1) is 0 Å². The number of amides is 1. The van der Waals surface area contributed by atoms with E-state index in [9.17, 15) is 4.79 Å². The van der Waals surface area contributed by atoms with Crippen LogP contribution in [0.25, 0.3) is 11.2 Å². The smallest absolute Gasteiger partial charge is 0.233 e. The van der Waals surface area contributed by atoms with Gasteiger partial charge in [-0.3, -0.25) is 10.2 Å². The van der Waals surface area contributed by atoms with Crippen LogP contribution in [0.15, 0.2) is 12.7 Å². The Balaban J connectivity index is 2.09. The highest BCUT2D eigenvalue weighted by Crippen LogP contribution is 2.14. The molecule has 1 amide bonds. The van der Waals surface area contributed by atoms with Gasteiger partial charge in [-0.1, -0.05) is 0 Å². The Labute approximate surface area is 97.0 Å². The van der Waals surface area contributed by atoms with Gasteiger partial charge in [0.05, 0.1) is 6.33 Å². The van der Waals surface area contributed by atoms with Gasteiger partial charge in [0.25, 0.3) is 0 Å². The molecule has 0 spiro atoms. The Morgan fingerprint density at radius 1 is 1.41 bits per heavy atom. The number of aryl methyl sites for hydroxylation is 1. The average Bonchev–Trinajstić information content (AvgIpc) is 2.74. The molecule has 5 N–H and O–H groups in total. The first-order valence-electron chi connectivity index (χ1n) is 5.13. The molecular formula is C9H13N7O. The lowest BCUT2D eigenvalue weighted by atomic mass is 10.3. The van der Waals surface area contributed by atoms with Crippen molar-refractivity contribution in [1.29, 1.82) is 0 Å². The van der Waals surface area contributed by atoms with Crippen molar-refractivity contribution in [2.75, 3.05) is 5.73 Å². The molecule has 0 fully saturated rings. The van der Waals surface area contributed by atoms with Crippen LogP contribution in [0.3, 0.4) is 0 Å². The Morgan fingerprint density at radius 3 is 3.00 bits per heavy atom. The topological polar surface area (TPSA) is 125 Å². The maximum atomic E-state index is 11.0. The number of carbonyl (C=O) groups excluding carboxylic acids is 1. The number of carbonyl (C=O) groups is 1. The largest absolute Gasteiger partial charge is 0.382 e. The van der Waals surface area contributed by atoms with Crippen LogP contribution in [-0.4, -0.2) is 25.4 Å². The van der Waals surface area contributed by atoms with Gasteiger partial charge < -0.3 is 10.3 Å². The molecule has 90 valence electrons. The summed E-state index contributed by atoms with van der Waals surface area (Å²) >= 11 is 0. The highest BCUT2D eigenvalue weighted by atomic mass is 16.2. The molecule has 17 heavy (non-hydrogen) atoms. The van der Waals surface area contributed by atoms with Crippen LogP contribution in [0, 0.1) is 0 Å². The molecular weight excluding hydrogens is 222 g/mol. The zero-order valence-corrected chi connectivity index (χ0v) is 9.13. The Morgan fingerprint density at radius 2 is 2.24 bits per heavy atom. The minimum atomic E-state index is -0.191. The van der Waals surface area contributed by atoms with Crippen molar-refractivity contribution in [3.63, 3.8) is 0 Å². The second-order valence-corrected chi connectivity index (χ2v) is 3.54. The van der Waals surface area contributed by atoms with Gasteiger partial charge in [0, 0.05) is 13.0 Å². The lowest BCUT2D eigenvalue weighted by molar-refractivity contribution is -0.121. The van der Waals surface area contributed by atoms with E-state index in [0.717, 1.165) is 0 Å². The van der Waals surface area contributed by atoms with E-state index in [0.29, 0.717) is 36.4 Å². The van der Waals surface area contributed by atoms with Crippen LogP contribution in [0.5, 0.6) is 0 Å². The van der Waals surface area contributed by atoms with Gasteiger partial charge in [0.1, 0.15) is 11.8 Å². The number of fused-ring (bicyclic) bond motifs is 1. The second-order valence-electron chi connectivity index (χ2n) is 3.54. The van der Waals surface area contributed by atoms with Crippen LogP contribution < -0.4 is 17.0 Å². The lowest BCUT2D eigenvalue weighted by Crippen LogP contribution is -2.29. The van der Waals surface area contributed by atoms with E-state index >= 15 is 0 Å². The predicted molar refractivity (Wildman–Crippen MR) is 61.3 cm³/mol. The molecule has 0 saturated carbocycles. The molecule has 2 heterocycles. The molecule has 0 aliphatic carbocycles. The van der Waals surface area contributed by atoms with Gasteiger partial charge in [0.2, 0.25) is 5.91 Å².